The van der Waals surface area contributed by atoms with E-state index in [1.807, 2.05) is 11.6 Å². The summed E-state index contributed by atoms with van der Waals surface area (Å²) in [5, 5.41) is 9.33. The minimum Gasteiger partial charge on any atom is -0.392 e. The molecule has 1 N–H and O–H groups in total. The number of aliphatic hydroxyl groups is 1. The smallest absolute Gasteiger partial charge is 0.123 e. The molecule has 0 bridgehead atoms. The fraction of sp³-hybridized carbons (Fsp3) is 0.357. The van der Waals surface area contributed by atoms with Gasteiger partial charge in [0.1, 0.15) is 11.6 Å². The molecule has 3 nitrogen and oxygen atoms in total. The van der Waals surface area contributed by atoms with Crippen LogP contribution in [-0.2, 0) is 13.7 Å². The van der Waals surface area contributed by atoms with Crippen LogP contribution in [0.4, 0.5) is 4.39 Å². The summed E-state index contributed by atoms with van der Waals surface area (Å²) in [5.41, 5.74) is 2.22. The minimum absolute atomic E-state index is 0.113. The first-order chi connectivity index (χ1) is 8.54. The van der Waals surface area contributed by atoms with Crippen LogP contribution in [0.15, 0.2) is 24.4 Å². The monoisotopic (exact) mass is 248 g/mol. The van der Waals surface area contributed by atoms with E-state index in [2.05, 4.69) is 18.8 Å². The molecule has 0 saturated heterocycles. The van der Waals surface area contributed by atoms with E-state index in [9.17, 15) is 9.50 Å². The number of nitrogens with zero attached hydrogens (tertiary/aromatic N) is 2. The van der Waals surface area contributed by atoms with E-state index >= 15 is 0 Å². The van der Waals surface area contributed by atoms with Gasteiger partial charge in [0.2, 0.25) is 0 Å². The average molecular weight is 248 g/mol. The molecule has 0 aliphatic rings. The summed E-state index contributed by atoms with van der Waals surface area (Å²) in [5.74, 6) is 0.933. The number of hydrogen-bond acceptors (Lipinski definition) is 2. The molecule has 0 spiro atoms. The molecule has 2 aromatic rings. The standard InChI is InChI=1S/C14H17FN2O/c1-9(2)14-16-7-13(17(14)3)12-6-11(15)5-4-10(12)8-18/h4-7,9,18H,8H2,1-3H3. The zero-order valence-electron chi connectivity index (χ0n) is 10.8. The van der Waals surface area contributed by atoms with Gasteiger partial charge in [0.05, 0.1) is 18.5 Å². The van der Waals surface area contributed by atoms with Gasteiger partial charge in [-0.15, -0.1) is 0 Å². The topological polar surface area (TPSA) is 38.1 Å². The summed E-state index contributed by atoms with van der Waals surface area (Å²) in [6, 6.07) is 4.40. The highest BCUT2D eigenvalue weighted by molar-refractivity contribution is 5.64. The van der Waals surface area contributed by atoms with Crippen molar-refractivity contribution in [1.82, 2.24) is 9.55 Å². The second-order valence-electron chi connectivity index (χ2n) is 4.67. The van der Waals surface area contributed by atoms with Crippen LogP contribution in [-0.4, -0.2) is 14.7 Å². The third kappa shape index (κ3) is 2.16. The predicted molar refractivity (Wildman–Crippen MR) is 68.6 cm³/mol. The highest BCUT2D eigenvalue weighted by Crippen LogP contribution is 2.27. The third-order valence-corrected chi connectivity index (χ3v) is 3.06. The summed E-state index contributed by atoms with van der Waals surface area (Å²) < 4.78 is 15.3. The van der Waals surface area contributed by atoms with Gasteiger partial charge >= 0.3 is 0 Å². The van der Waals surface area contributed by atoms with Crippen LogP contribution in [0.5, 0.6) is 0 Å². The lowest BCUT2D eigenvalue weighted by Gasteiger charge is -2.11. The number of aliphatic hydroxyl groups excluding tert-OH is 1. The normalized spacial score (nSPS) is 11.2. The molecule has 0 radical (unpaired) electrons. The first-order valence-electron chi connectivity index (χ1n) is 5.96. The molecule has 18 heavy (non-hydrogen) atoms. The summed E-state index contributed by atoms with van der Waals surface area (Å²) in [6.07, 6.45) is 1.73. The SMILES string of the molecule is CC(C)c1ncc(-c2cc(F)ccc2CO)n1C. The van der Waals surface area contributed by atoms with E-state index in [4.69, 9.17) is 0 Å². The van der Waals surface area contributed by atoms with E-state index in [0.29, 0.717) is 17.0 Å². The van der Waals surface area contributed by atoms with Crippen molar-refractivity contribution in [2.45, 2.75) is 26.4 Å². The van der Waals surface area contributed by atoms with Crippen LogP contribution in [0.1, 0.15) is 31.2 Å². The van der Waals surface area contributed by atoms with Crippen molar-refractivity contribution in [1.29, 1.82) is 0 Å². The Labute approximate surface area is 106 Å². The van der Waals surface area contributed by atoms with Gasteiger partial charge in [-0.25, -0.2) is 9.37 Å². The van der Waals surface area contributed by atoms with E-state index < -0.39 is 0 Å². The predicted octanol–water partition coefficient (Wildman–Crippen LogP) is 2.84. The molecule has 0 aliphatic carbocycles. The van der Waals surface area contributed by atoms with E-state index in [1.54, 1.807) is 12.3 Å². The lowest BCUT2D eigenvalue weighted by molar-refractivity contribution is 0.282. The highest BCUT2D eigenvalue weighted by Gasteiger charge is 2.14. The van der Waals surface area contributed by atoms with Gasteiger partial charge in [-0.2, -0.15) is 0 Å². The number of benzene rings is 1. The van der Waals surface area contributed by atoms with Gasteiger partial charge in [0.25, 0.3) is 0 Å². The van der Waals surface area contributed by atoms with Gasteiger partial charge in [-0.3, -0.25) is 0 Å². The molecule has 4 heteroatoms. The van der Waals surface area contributed by atoms with Gasteiger partial charge < -0.3 is 9.67 Å². The molecule has 1 aromatic heterocycles. The third-order valence-electron chi connectivity index (χ3n) is 3.06. The zero-order chi connectivity index (χ0) is 13.3. The van der Waals surface area contributed by atoms with Gasteiger partial charge in [-0.05, 0) is 17.7 Å². The Morgan fingerprint density at radius 1 is 1.39 bits per heavy atom. The number of hydrogen-bond donors (Lipinski definition) is 1. The molecule has 96 valence electrons. The molecule has 0 saturated carbocycles. The number of imidazole rings is 1. The van der Waals surface area contributed by atoms with Crippen molar-refractivity contribution in [2.75, 3.05) is 0 Å². The van der Waals surface area contributed by atoms with Gasteiger partial charge in [-0.1, -0.05) is 19.9 Å². The lowest BCUT2D eigenvalue weighted by atomic mass is 10.1. The molecule has 2 rings (SSSR count). The largest absolute Gasteiger partial charge is 0.392 e. The molecular weight excluding hydrogens is 231 g/mol. The fourth-order valence-electron chi connectivity index (χ4n) is 2.14. The Kier molecular flexibility index (Phi) is 3.48. The molecule has 0 amide bonds. The lowest BCUT2D eigenvalue weighted by Crippen LogP contribution is -2.02. The maximum absolute atomic E-state index is 13.4. The Balaban J connectivity index is 2.58. The molecular formula is C14H17FN2O. The van der Waals surface area contributed by atoms with Crippen LogP contribution in [0.3, 0.4) is 0 Å². The molecule has 0 fully saturated rings. The Bertz CT molecular complexity index is 561. The summed E-state index contributed by atoms with van der Waals surface area (Å²) in [6.45, 7) is 4.01. The van der Waals surface area contributed by atoms with Crippen LogP contribution < -0.4 is 0 Å². The maximum atomic E-state index is 13.4. The summed E-state index contributed by atoms with van der Waals surface area (Å²) in [4.78, 5) is 4.36. The summed E-state index contributed by atoms with van der Waals surface area (Å²) in [7, 11) is 1.91. The van der Waals surface area contributed by atoms with Crippen molar-refractivity contribution in [3.8, 4) is 11.3 Å². The minimum atomic E-state index is -0.311. The first kappa shape index (κ1) is 12.8. The Morgan fingerprint density at radius 3 is 2.67 bits per heavy atom. The van der Waals surface area contributed by atoms with Crippen molar-refractivity contribution in [3.63, 3.8) is 0 Å². The van der Waals surface area contributed by atoms with Crippen LogP contribution >= 0.6 is 0 Å². The Morgan fingerprint density at radius 2 is 2.11 bits per heavy atom. The van der Waals surface area contributed by atoms with Crippen molar-refractivity contribution in [2.24, 2.45) is 7.05 Å². The molecule has 0 atom stereocenters. The van der Waals surface area contributed by atoms with E-state index in [-0.39, 0.29) is 12.4 Å². The molecule has 1 heterocycles. The molecule has 1 aromatic carbocycles. The number of rotatable bonds is 3. The zero-order valence-corrected chi connectivity index (χ0v) is 10.8. The van der Waals surface area contributed by atoms with E-state index in [0.717, 1.165) is 11.5 Å². The number of halogens is 1. The first-order valence-corrected chi connectivity index (χ1v) is 5.96. The molecule has 0 aliphatic heterocycles. The van der Waals surface area contributed by atoms with Crippen molar-refractivity contribution < 1.29 is 9.50 Å². The van der Waals surface area contributed by atoms with Crippen molar-refractivity contribution in [3.05, 3.63) is 41.6 Å². The second-order valence-corrected chi connectivity index (χ2v) is 4.67. The fourth-order valence-corrected chi connectivity index (χ4v) is 2.14. The quantitative estimate of drug-likeness (QED) is 0.907. The van der Waals surface area contributed by atoms with Gasteiger partial charge in [0.15, 0.2) is 0 Å². The van der Waals surface area contributed by atoms with Crippen LogP contribution in [0.2, 0.25) is 0 Å². The Hall–Kier alpha value is -1.68. The van der Waals surface area contributed by atoms with Gasteiger partial charge in [0, 0.05) is 18.5 Å². The second kappa shape index (κ2) is 4.90. The van der Waals surface area contributed by atoms with E-state index in [1.165, 1.54) is 12.1 Å². The van der Waals surface area contributed by atoms with Crippen LogP contribution in [0.25, 0.3) is 11.3 Å². The highest BCUT2D eigenvalue weighted by atomic mass is 19.1. The average Bonchev–Trinajstić information content (AvgIpc) is 2.71. The number of aromatic nitrogens is 2. The molecule has 0 unspecified atom stereocenters. The summed E-state index contributed by atoms with van der Waals surface area (Å²) >= 11 is 0. The van der Waals surface area contributed by atoms with Crippen LogP contribution in [0, 0.1) is 5.82 Å². The maximum Gasteiger partial charge on any atom is 0.123 e. The van der Waals surface area contributed by atoms with Crippen molar-refractivity contribution >= 4 is 0 Å².